The molecule has 72 valence electrons. The van der Waals surface area contributed by atoms with E-state index in [1.165, 1.54) is 3.57 Å². The van der Waals surface area contributed by atoms with E-state index in [1.54, 1.807) is 13.8 Å². The van der Waals surface area contributed by atoms with Gasteiger partial charge >= 0.3 is 0 Å². The normalized spacial score (nSPS) is 11.4. The lowest BCUT2D eigenvalue weighted by atomic mass is 10.1. The van der Waals surface area contributed by atoms with Crippen molar-refractivity contribution in [2.75, 3.05) is 11.9 Å². The van der Waals surface area contributed by atoms with Crippen molar-refractivity contribution in [3.63, 3.8) is 0 Å². The van der Waals surface area contributed by atoms with Gasteiger partial charge in [0.05, 0.1) is 5.60 Å². The van der Waals surface area contributed by atoms with Crippen molar-refractivity contribution in [2.24, 2.45) is 0 Å². The molecule has 13 heavy (non-hydrogen) atoms. The van der Waals surface area contributed by atoms with E-state index in [1.807, 2.05) is 24.3 Å². The summed E-state index contributed by atoms with van der Waals surface area (Å²) in [6, 6.07) is 8.07. The minimum absolute atomic E-state index is 0.563. The molecule has 0 radical (unpaired) electrons. The quantitative estimate of drug-likeness (QED) is 0.839. The monoisotopic (exact) mass is 291 g/mol. The van der Waals surface area contributed by atoms with Crippen LogP contribution in [0, 0.1) is 3.57 Å². The third kappa shape index (κ3) is 4.47. The molecule has 0 aliphatic rings. The Morgan fingerprint density at radius 3 is 2.69 bits per heavy atom. The van der Waals surface area contributed by atoms with Crippen LogP contribution in [0.5, 0.6) is 0 Å². The van der Waals surface area contributed by atoms with E-state index in [2.05, 4.69) is 27.9 Å². The average Bonchev–Trinajstić information content (AvgIpc) is 2.00. The Balaban J connectivity index is 2.55. The average molecular weight is 291 g/mol. The Hall–Kier alpha value is -0.290. The third-order valence-electron chi connectivity index (χ3n) is 1.55. The van der Waals surface area contributed by atoms with Gasteiger partial charge in [0.2, 0.25) is 0 Å². The highest BCUT2D eigenvalue weighted by molar-refractivity contribution is 14.1. The molecule has 2 nitrogen and oxygen atoms in total. The Morgan fingerprint density at radius 1 is 1.46 bits per heavy atom. The molecule has 0 aliphatic heterocycles. The second-order valence-corrected chi connectivity index (χ2v) is 4.92. The highest BCUT2D eigenvalue weighted by Gasteiger charge is 2.11. The molecule has 0 unspecified atom stereocenters. The molecule has 1 aromatic carbocycles. The highest BCUT2D eigenvalue weighted by Crippen LogP contribution is 2.13. The molecule has 2 N–H and O–H groups in total. The molecule has 0 aliphatic carbocycles. The molecule has 0 aromatic heterocycles. The van der Waals surface area contributed by atoms with Crippen LogP contribution in [-0.4, -0.2) is 17.3 Å². The minimum Gasteiger partial charge on any atom is -0.389 e. The number of aliphatic hydroxyl groups is 1. The first-order chi connectivity index (χ1) is 5.97. The van der Waals surface area contributed by atoms with E-state index in [9.17, 15) is 5.11 Å². The van der Waals surface area contributed by atoms with Gasteiger partial charge in [-0.25, -0.2) is 0 Å². The van der Waals surface area contributed by atoms with E-state index in [0.29, 0.717) is 6.54 Å². The van der Waals surface area contributed by atoms with Crippen molar-refractivity contribution in [3.05, 3.63) is 27.8 Å². The van der Waals surface area contributed by atoms with Crippen LogP contribution in [0.25, 0.3) is 0 Å². The summed E-state index contributed by atoms with van der Waals surface area (Å²) in [7, 11) is 0. The summed E-state index contributed by atoms with van der Waals surface area (Å²) in [5.41, 5.74) is 0.385. The molecule has 1 rings (SSSR count). The van der Waals surface area contributed by atoms with Crippen LogP contribution >= 0.6 is 22.6 Å². The van der Waals surface area contributed by atoms with Gasteiger partial charge in [-0.1, -0.05) is 6.07 Å². The van der Waals surface area contributed by atoms with Crippen LogP contribution in [0.1, 0.15) is 13.8 Å². The fourth-order valence-electron chi connectivity index (χ4n) is 0.917. The second-order valence-electron chi connectivity index (χ2n) is 3.68. The molecule has 0 saturated heterocycles. The molecule has 0 saturated carbocycles. The van der Waals surface area contributed by atoms with E-state index < -0.39 is 5.60 Å². The summed E-state index contributed by atoms with van der Waals surface area (Å²) in [5, 5.41) is 12.7. The molecule has 0 atom stereocenters. The van der Waals surface area contributed by atoms with E-state index in [0.717, 1.165) is 5.69 Å². The van der Waals surface area contributed by atoms with Crippen LogP contribution in [0.3, 0.4) is 0 Å². The van der Waals surface area contributed by atoms with Crippen LogP contribution in [0.4, 0.5) is 5.69 Å². The zero-order valence-corrected chi connectivity index (χ0v) is 10.00. The number of benzene rings is 1. The van der Waals surface area contributed by atoms with E-state index in [4.69, 9.17) is 0 Å². The Bertz CT molecular complexity index is 280. The number of nitrogens with one attached hydrogen (secondary N) is 1. The summed E-state index contributed by atoms with van der Waals surface area (Å²) in [6.07, 6.45) is 0. The van der Waals surface area contributed by atoms with Crippen LogP contribution in [-0.2, 0) is 0 Å². The summed E-state index contributed by atoms with van der Waals surface area (Å²) in [6.45, 7) is 4.13. The van der Waals surface area contributed by atoms with Gasteiger partial charge in [-0.05, 0) is 54.6 Å². The third-order valence-corrected chi connectivity index (χ3v) is 2.22. The molecule has 0 amide bonds. The summed E-state index contributed by atoms with van der Waals surface area (Å²) < 4.78 is 1.19. The fourth-order valence-corrected chi connectivity index (χ4v) is 1.46. The topological polar surface area (TPSA) is 32.3 Å². The molecular weight excluding hydrogens is 277 g/mol. The van der Waals surface area contributed by atoms with Crippen molar-refractivity contribution in [2.45, 2.75) is 19.4 Å². The first kappa shape index (κ1) is 10.8. The lowest BCUT2D eigenvalue weighted by Crippen LogP contribution is -2.29. The van der Waals surface area contributed by atoms with Gasteiger partial charge < -0.3 is 10.4 Å². The predicted octanol–water partition coefficient (Wildman–Crippen LogP) is 2.47. The molecule has 0 fully saturated rings. The standard InChI is InChI=1S/C10H14INO/c1-10(2,13)7-12-9-5-3-4-8(11)6-9/h3-6,12-13H,7H2,1-2H3. The van der Waals surface area contributed by atoms with Crippen LogP contribution in [0.2, 0.25) is 0 Å². The summed E-state index contributed by atoms with van der Waals surface area (Å²) in [5.74, 6) is 0. The van der Waals surface area contributed by atoms with Crippen LogP contribution in [0.15, 0.2) is 24.3 Å². The van der Waals surface area contributed by atoms with Gasteiger partial charge in [0.15, 0.2) is 0 Å². The fraction of sp³-hybridized carbons (Fsp3) is 0.400. The number of halogens is 1. The summed E-state index contributed by atoms with van der Waals surface area (Å²) >= 11 is 2.26. The number of hydrogen-bond acceptors (Lipinski definition) is 2. The first-order valence-electron chi connectivity index (χ1n) is 4.19. The largest absolute Gasteiger partial charge is 0.389 e. The van der Waals surface area contributed by atoms with Crippen molar-refractivity contribution in [3.8, 4) is 0 Å². The van der Waals surface area contributed by atoms with Crippen molar-refractivity contribution >= 4 is 28.3 Å². The molecule has 0 heterocycles. The Morgan fingerprint density at radius 2 is 2.15 bits per heavy atom. The van der Waals surface area contributed by atoms with Crippen molar-refractivity contribution in [1.29, 1.82) is 0 Å². The van der Waals surface area contributed by atoms with Gasteiger partial charge in [-0.2, -0.15) is 0 Å². The van der Waals surface area contributed by atoms with Gasteiger partial charge in [0.25, 0.3) is 0 Å². The van der Waals surface area contributed by atoms with Crippen LogP contribution < -0.4 is 5.32 Å². The molecule has 0 bridgehead atoms. The lowest BCUT2D eigenvalue weighted by Gasteiger charge is -2.18. The molecular formula is C10H14INO. The van der Waals surface area contributed by atoms with Crippen molar-refractivity contribution in [1.82, 2.24) is 0 Å². The number of hydrogen-bond donors (Lipinski definition) is 2. The highest BCUT2D eigenvalue weighted by atomic mass is 127. The zero-order chi connectivity index (χ0) is 9.90. The van der Waals surface area contributed by atoms with Gasteiger partial charge in [-0.15, -0.1) is 0 Å². The maximum Gasteiger partial charge on any atom is 0.0763 e. The smallest absolute Gasteiger partial charge is 0.0763 e. The van der Waals surface area contributed by atoms with Gasteiger partial charge in [-0.3, -0.25) is 0 Å². The molecule has 1 aromatic rings. The minimum atomic E-state index is -0.665. The summed E-state index contributed by atoms with van der Waals surface area (Å²) in [4.78, 5) is 0. The van der Waals surface area contributed by atoms with E-state index >= 15 is 0 Å². The first-order valence-corrected chi connectivity index (χ1v) is 5.27. The molecule has 0 spiro atoms. The predicted molar refractivity (Wildman–Crippen MR) is 63.9 cm³/mol. The van der Waals surface area contributed by atoms with Crippen molar-refractivity contribution < 1.29 is 5.11 Å². The Labute approximate surface area is 92.5 Å². The van der Waals surface area contributed by atoms with Gasteiger partial charge in [0, 0.05) is 15.8 Å². The maximum atomic E-state index is 9.48. The Kier molecular flexibility index (Phi) is 3.55. The zero-order valence-electron chi connectivity index (χ0n) is 7.84. The lowest BCUT2D eigenvalue weighted by molar-refractivity contribution is 0.0945. The van der Waals surface area contributed by atoms with Gasteiger partial charge in [0.1, 0.15) is 0 Å². The van der Waals surface area contributed by atoms with E-state index in [-0.39, 0.29) is 0 Å². The SMILES string of the molecule is CC(C)(O)CNc1cccc(I)c1. The number of rotatable bonds is 3. The number of anilines is 1. The second kappa shape index (κ2) is 4.28. The maximum absolute atomic E-state index is 9.48. The molecule has 3 heteroatoms.